The van der Waals surface area contributed by atoms with Crippen LogP contribution in [0.5, 0.6) is 0 Å². The average molecular weight is 264 g/mol. The van der Waals surface area contributed by atoms with Gasteiger partial charge in [-0.05, 0) is 50.5 Å². The number of fused-ring (bicyclic) bond motifs is 1. The average Bonchev–Trinajstić information content (AvgIpc) is 2.83. The first-order valence-electron chi connectivity index (χ1n) is 8.74. The summed E-state index contributed by atoms with van der Waals surface area (Å²) < 4.78 is 0. The lowest BCUT2D eigenvalue weighted by Gasteiger charge is -2.49. The lowest BCUT2D eigenvalue weighted by Crippen LogP contribution is -2.59. The molecule has 0 amide bonds. The van der Waals surface area contributed by atoms with Gasteiger partial charge in [0.25, 0.3) is 0 Å². The molecule has 0 N–H and O–H groups in total. The second kappa shape index (κ2) is 6.13. The lowest BCUT2D eigenvalue weighted by atomic mass is 9.94. The quantitative estimate of drug-likeness (QED) is 0.771. The van der Waals surface area contributed by atoms with Crippen molar-refractivity contribution in [3.05, 3.63) is 0 Å². The van der Waals surface area contributed by atoms with E-state index in [1.54, 1.807) is 0 Å². The molecule has 19 heavy (non-hydrogen) atoms. The van der Waals surface area contributed by atoms with Crippen LogP contribution in [0.4, 0.5) is 0 Å². The summed E-state index contributed by atoms with van der Waals surface area (Å²) in [6, 6.07) is 1.72. The molecule has 0 bridgehead atoms. The van der Waals surface area contributed by atoms with Crippen molar-refractivity contribution in [3.8, 4) is 0 Å². The fourth-order valence-corrected chi connectivity index (χ4v) is 4.75. The summed E-state index contributed by atoms with van der Waals surface area (Å²) in [5.41, 5.74) is 0. The molecular formula is C17H32N2. The van der Waals surface area contributed by atoms with Crippen molar-refractivity contribution in [1.82, 2.24) is 9.80 Å². The van der Waals surface area contributed by atoms with E-state index in [1.165, 1.54) is 71.1 Å². The smallest absolute Gasteiger partial charge is 0.0223 e. The van der Waals surface area contributed by atoms with Crippen molar-refractivity contribution >= 4 is 0 Å². The molecule has 0 aromatic carbocycles. The molecule has 2 nitrogen and oxygen atoms in total. The molecular weight excluding hydrogens is 232 g/mol. The van der Waals surface area contributed by atoms with Crippen molar-refractivity contribution in [2.24, 2.45) is 11.8 Å². The number of piperazine rings is 1. The van der Waals surface area contributed by atoms with Crippen molar-refractivity contribution in [2.45, 2.75) is 70.9 Å². The van der Waals surface area contributed by atoms with Gasteiger partial charge in [0.15, 0.2) is 0 Å². The summed E-state index contributed by atoms with van der Waals surface area (Å²) in [5, 5.41) is 0. The number of hydrogen-bond acceptors (Lipinski definition) is 2. The molecule has 0 aromatic heterocycles. The molecule has 0 spiro atoms. The van der Waals surface area contributed by atoms with Gasteiger partial charge in [0.05, 0.1) is 0 Å². The van der Waals surface area contributed by atoms with E-state index in [9.17, 15) is 0 Å². The highest BCUT2D eigenvalue weighted by molar-refractivity contribution is 4.91. The Balaban J connectivity index is 1.59. The summed E-state index contributed by atoms with van der Waals surface area (Å²) in [5.74, 6) is 1.99. The monoisotopic (exact) mass is 264 g/mol. The van der Waals surface area contributed by atoms with Crippen LogP contribution in [0.3, 0.4) is 0 Å². The van der Waals surface area contributed by atoms with Gasteiger partial charge in [0, 0.05) is 31.7 Å². The van der Waals surface area contributed by atoms with Gasteiger partial charge >= 0.3 is 0 Å². The minimum atomic E-state index is 0.838. The van der Waals surface area contributed by atoms with Crippen LogP contribution in [0.15, 0.2) is 0 Å². The summed E-state index contributed by atoms with van der Waals surface area (Å²) >= 11 is 0. The largest absolute Gasteiger partial charge is 0.298 e. The zero-order chi connectivity index (χ0) is 13.2. The Labute approximate surface area is 119 Å². The summed E-state index contributed by atoms with van der Waals surface area (Å²) in [6.07, 6.45) is 10.1. The van der Waals surface area contributed by atoms with Gasteiger partial charge in [-0.2, -0.15) is 0 Å². The molecule has 1 aliphatic carbocycles. The molecule has 2 saturated heterocycles. The van der Waals surface area contributed by atoms with Crippen LogP contribution in [0, 0.1) is 11.8 Å². The van der Waals surface area contributed by atoms with Crippen LogP contribution in [-0.4, -0.2) is 48.1 Å². The summed E-state index contributed by atoms with van der Waals surface area (Å²) in [4.78, 5) is 5.67. The first-order valence-corrected chi connectivity index (χ1v) is 8.74. The normalized spacial score (nSPS) is 41.4. The molecule has 0 radical (unpaired) electrons. The Morgan fingerprint density at radius 1 is 1.05 bits per heavy atom. The molecule has 3 rings (SSSR count). The standard InChI is InChI=1S/C17H32N2/c1-3-16-12-18-9-5-4-6-17(18)13-19(16)11-15-8-7-14(2)10-15/h14-17H,3-13H2,1-2H3. The van der Waals surface area contributed by atoms with E-state index in [0.29, 0.717) is 0 Å². The Morgan fingerprint density at radius 2 is 1.95 bits per heavy atom. The van der Waals surface area contributed by atoms with Gasteiger partial charge in [-0.1, -0.05) is 26.7 Å². The Bertz CT molecular complexity index is 289. The zero-order valence-corrected chi connectivity index (χ0v) is 13.0. The first kappa shape index (κ1) is 13.9. The van der Waals surface area contributed by atoms with Crippen molar-refractivity contribution in [3.63, 3.8) is 0 Å². The maximum atomic E-state index is 2.87. The second-order valence-corrected chi connectivity index (χ2v) is 7.44. The summed E-state index contributed by atoms with van der Waals surface area (Å²) in [7, 11) is 0. The third kappa shape index (κ3) is 3.16. The summed E-state index contributed by atoms with van der Waals surface area (Å²) in [6.45, 7) is 10.3. The van der Waals surface area contributed by atoms with E-state index in [1.807, 2.05) is 0 Å². The first-order chi connectivity index (χ1) is 9.26. The van der Waals surface area contributed by atoms with E-state index < -0.39 is 0 Å². The molecule has 4 atom stereocenters. The van der Waals surface area contributed by atoms with Crippen molar-refractivity contribution in [1.29, 1.82) is 0 Å². The number of hydrogen-bond donors (Lipinski definition) is 0. The molecule has 2 heterocycles. The highest BCUT2D eigenvalue weighted by Gasteiger charge is 2.35. The molecule has 3 fully saturated rings. The van der Waals surface area contributed by atoms with Crippen LogP contribution in [0.1, 0.15) is 58.8 Å². The van der Waals surface area contributed by atoms with Gasteiger partial charge < -0.3 is 0 Å². The number of rotatable bonds is 3. The Kier molecular flexibility index (Phi) is 4.48. The fraction of sp³-hybridized carbons (Fsp3) is 1.00. The van der Waals surface area contributed by atoms with Gasteiger partial charge in [-0.25, -0.2) is 0 Å². The molecule has 110 valence electrons. The molecule has 4 unspecified atom stereocenters. The molecule has 2 aliphatic heterocycles. The second-order valence-electron chi connectivity index (χ2n) is 7.44. The van der Waals surface area contributed by atoms with E-state index >= 15 is 0 Å². The molecule has 2 heteroatoms. The van der Waals surface area contributed by atoms with E-state index in [4.69, 9.17) is 0 Å². The highest BCUT2D eigenvalue weighted by Crippen LogP contribution is 2.33. The van der Waals surface area contributed by atoms with Crippen LogP contribution < -0.4 is 0 Å². The zero-order valence-electron chi connectivity index (χ0n) is 13.0. The fourth-order valence-electron chi connectivity index (χ4n) is 4.75. The third-order valence-electron chi connectivity index (χ3n) is 5.92. The van der Waals surface area contributed by atoms with E-state index in [0.717, 1.165) is 23.9 Å². The minimum absolute atomic E-state index is 0.838. The van der Waals surface area contributed by atoms with Gasteiger partial charge in [0.1, 0.15) is 0 Å². The minimum Gasteiger partial charge on any atom is -0.298 e. The molecule has 1 saturated carbocycles. The maximum Gasteiger partial charge on any atom is 0.0223 e. The Hall–Kier alpha value is -0.0800. The predicted molar refractivity (Wildman–Crippen MR) is 81.4 cm³/mol. The van der Waals surface area contributed by atoms with Crippen LogP contribution in [-0.2, 0) is 0 Å². The Morgan fingerprint density at radius 3 is 2.68 bits per heavy atom. The lowest BCUT2D eigenvalue weighted by molar-refractivity contribution is 0.000282. The van der Waals surface area contributed by atoms with Gasteiger partial charge in [-0.3, -0.25) is 9.80 Å². The maximum absolute atomic E-state index is 2.87. The van der Waals surface area contributed by atoms with E-state index in [-0.39, 0.29) is 0 Å². The van der Waals surface area contributed by atoms with Crippen molar-refractivity contribution in [2.75, 3.05) is 26.2 Å². The number of piperidine rings is 1. The molecule has 0 aromatic rings. The highest BCUT2D eigenvalue weighted by atomic mass is 15.3. The van der Waals surface area contributed by atoms with Crippen LogP contribution in [0.2, 0.25) is 0 Å². The van der Waals surface area contributed by atoms with Crippen molar-refractivity contribution < 1.29 is 0 Å². The third-order valence-corrected chi connectivity index (χ3v) is 5.92. The van der Waals surface area contributed by atoms with Crippen LogP contribution in [0.25, 0.3) is 0 Å². The van der Waals surface area contributed by atoms with Gasteiger partial charge in [-0.15, -0.1) is 0 Å². The molecule has 3 aliphatic rings. The predicted octanol–water partition coefficient (Wildman–Crippen LogP) is 3.37. The van der Waals surface area contributed by atoms with E-state index in [2.05, 4.69) is 23.6 Å². The van der Waals surface area contributed by atoms with Gasteiger partial charge in [0.2, 0.25) is 0 Å². The van der Waals surface area contributed by atoms with Crippen LogP contribution >= 0.6 is 0 Å². The SMILES string of the molecule is CCC1CN2CCCCC2CN1CC1CCC(C)C1. The topological polar surface area (TPSA) is 6.48 Å². The number of nitrogens with zero attached hydrogens (tertiary/aromatic N) is 2.